The summed E-state index contributed by atoms with van der Waals surface area (Å²) in [6, 6.07) is 25.1. The van der Waals surface area contributed by atoms with Gasteiger partial charge in [-0.05, 0) is 47.0 Å². The Morgan fingerprint density at radius 3 is 2.50 bits per heavy atom. The Morgan fingerprint density at radius 2 is 1.67 bits per heavy atom. The summed E-state index contributed by atoms with van der Waals surface area (Å²) >= 11 is 0. The monoisotopic (exact) mass is 397 g/mol. The zero-order valence-corrected chi connectivity index (χ0v) is 16.5. The zero-order chi connectivity index (χ0) is 20.9. The molecule has 5 nitrogen and oxygen atoms in total. The van der Waals surface area contributed by atoms with Crippen LogP contribution in [0.4, 0.5) is 11.4 Å². The maximum absolute atomic E-state index is 12.9. The van der Waals surface area contributed by atoms with E-state index >= 15 is 0 Å². The van der Waals surface area contributed by atoms with Crippen molar-refractivity contribution >= 4 is 28.1 Å². The molecule has 0 unspecified atom stereocenters. The number of aryl methyl sites for hydroxylation is 1. The van der Waals surface area contributed by atoms with Crippen molar-refractivity contribution in [1.29, 1.82) is 0 Å². The molecule has 150 valence electrons. The summed E-state index contributed by atoms with van der Waals surface area (Å²) in [5, 5.41) is 5.12. The Balaban J connectivity index is 1.45. The van der Waals surface area contributed by atoms with E-state index < -0.39 is 0 Å². The van der Waals surface area contributed by atoms with Gasteiger partial charge in [-0.2, -0.15) is 0 Å². The van der Waals surface area contributed by atoms with Crippen LogP contribution in [-0.4, -0.2) is 10.5 Å². The molecule has 4 aromatic rings. The lowest BCUT2D eigenvalue weighted by Gasteiger charge is -2.10. The molecule has 0 aliphatic heterocycles. The number of nitrogens with one attached hydrogen (secondary N) is 1. The van der Waals surface area contributed by atoms with Crippen LogP contribution < -0.4 is 16.6 Å². The maximum Gasteiger partial charge on any atom is 0.254 e. The van der Waals surface area contributed by atoms with E-state index in [1.165, 1.54) is 5.39 Å². The molecule has 0 fully saturated rings. The number of nitrogen functional groups attached to an aromatic ring is 1. The molecule has 0 saturated heterocycles. The number of pyridine rings is 1. The highest BCUT2D eigenvalue weighted by molar-refractivity contribution is 5.93. The third-order valence-electron chi connectivity index (χ3n) is 5.12. The van der Waals surface area contributed by atoms with Crippen LogP contribution in [0, 0.1) is 0 Å². The van der Waals surface area contributed by atoms with Crippen molar-refractivity contribution in [3.05, 3.63) is 107 Å². The predicted octanol–water partition coefficient (Wildman–Crippen LogP) is 4.20. The molecule has 1 heterocycles. The molecule has 0 spiro atoms. The van der Waals surface area contributed by atoms with E-state index in [0.717, 1.165) is 10.9 Å². The van der Waals surface area contributed by atoms with Gasteiger partial charge in [0.25, 0.3) is 5.56 Å². The minimum absolute atomic E-state index is 0.0716. The Hall–Kier alpha value is -3.86. The molecular formula is C25H23N3O2. The van der Waals surface area contributed by atoms with Crippen molar-refractivity contribution in [3.63, 3.8) is 0 Å². The van der Waals surface area contributed by atoms with Crippen molar-refractivity contribution in [2.24, 2.45) is 0 Å². The van der Waals surface area contributed by atoms with Crippen LogP contribution >= 0.6 is 0 Å². The first-order chi connectivity index (χ1) is 14.6. The van der Waals surface area contributed by atoms with Gasteiger partial charge in [0.05, 0.1) is 17.9 Å². The second kappa shape index (κ2) is 8.66. The maximum atomic E-state index is 12.9. The van der Waals surface area contributed by atoms with Crippen LogP contribution in [-0.2, 0) is 17.8 Å². The number of aromatic nitrogens is 1. The summed E-state index contributed by atoms with van der Waals surface area (Å²) in [5.41, 5.74) is 8.57. The van der Waals surface area contributed by atoms with E-state index in [0.29, 0.717) is 29.9 Å². The van der Waals surface area contributed by atoms with E-state index in [9.17, 15) is 9.59 Å². The predicted molar refractivity (Wildman–Crippen MR) is 122 cm³/mol. The highest BCUT2D eigenvalue weighted by atomic mass is 16.1. The van der Waals surface area contributed by atoms with Crippen LogP contribution in [0.5, 0.6) is 0 Å². The summed E-state index contributed by atoms with van der Waals surface area (Å²) in [6.07, 6.45) is 2.37. The zero-order valence-electron chi connectivity index (χ0n) is 16.5. The third-order valence-corrected chi connectivity index (χ3v) is 5.12. The van der Waals surface area contributed by atoms with Crippen molar-refractivity contribution < 1.29 is 4.79 Å². The molecule has 0 saturated carbocycles. The number of nitrogens with two attached hydrogens (primary N) is 1. The van der Waals surface area contributed by atoms with Crippen molar-refractivity contribution in [1.82, 2.24) is 4.57 Å². The molecule has 1 aromatic heterocycles. The Labute approximate surface area is 174 Å². The lowest BCUT2D eigenvalue weighted by atomic mass is 10.1. The molecular weight excluding hydrogens is 374 g/mol. The van der Waals surface area contributed by atoms with Gasteiger partial charge in [0.1, 0.15) is 0 Å². The van der Waals surface area contributed by atoms with Crippen molar-refractivity contribution in [3.8, 4) is 0 Å². The summed E-state index contributed by atoms with van der Waals surface area (Å²) in [7, 11) is 0. The van der Waals surface area contributed by atoms with Crippen molar-refractivity contribution in [2.45, 2.75) is 19.4 Å². The minimum Gasteiger partial charge on any atom is -0.397 e. The number of fused-ring (bicyclic) bond motifs is 1. The second-order valence-corrected chi connectivity index (χ2v) is 7.28. The fourth-order valence-corrected chi connectivity index (χ4v) is 3.51. The van der Waals surface area contributed by atoms with Gasteiger partial charge in [-0.3, -0.25) is 9.59 Å². The lowest BCUT2D eigenvalue weighted by Crippen LogP contribution is -2.24. The summed E-state index contributed by atoms with van der Waals surface area (Å²) < 4.78 is 1.69. The number of amides is 1. The van der Waals surface area contributed by atoms with Gasteiger partial charge >= 0.3 is 0 Å². The average molecular weight is 397 g/mol. The van der Waals surface area contributed by atoms with E-state index in [1.807, 2.05) is 36.4 Å². The van der Waals surface area contributed by atoms with Gasteiger partial charge < -0.3 is 15.6 Å². The Bertz CT molecular complexity index is 1260. The molecule has 4 rings (SSSR count). The van der Waals surface area contributed by atoms with Gasteiger partial charge in [0, 0.05) is 18.2 Å². The molecule has 0 aliphatic carbocycles. The third kappa shape index (κ3) is 4.41. The number of carbonyl (C=O) groups is 1. The van der Waals surface area contributed by atoms with Crippen LogP contribution in [0.25, 0.3) is 10.8 Å². The summed E-state index contributed by atoms with van der Waals surface area (Å²) in [5.74, 6) is -0.169. The number of rotatable bonds is 6. The number of carbonyl (C=O) groups excluding carboxylic acids is 1. The van der Waals surface area contributed by atoms with Gasteiger partial charge in [-0.15, -0.1) is 0 Å². The highest BCUT2D eigenvalue weighted by Crippen LogP contribution is 2.18. The number of hydrogen-bond donors (Lipinski definition) is 2. The molecule has 0 aliphatic rings. The summed E-state index contributed by atoms with van der Waals surface area (Å²) in [6.45, 7) is 0.490. The van der Waals surface area contributed by atoms with Crippen LogP contribution in [0.15, 0.2) is 89.9 Å². The number of anilines is 2. The molecule has 0 radical (unpaired) electrons. The topological polar surface area (TPSA) is 77.1 Å². The van der Waals surface area contributed by atoms with E-state index in [-0.39, 0.29) is 17.9 Å². The Kier molecular flexibility index (Phi) is 5.61. The number of para-hydroxylation sites is 2. The van der Waals surface area contributed by atoms with Crippen LogP contribution in [0.1, 0.15) is 17.5 Å². The molecule has 3 aromatic carbocycles. The molecule has 3 N–H and O–H groups in total. The largest absolute Gasteiger partial charge is 0.397 e. The summed E-state index contributed by atoms with van der Waals surface area (Å²) in [4.78, 5) is 25.1. The SMILES string of the molecule is Nc1ccccc1NC(=O)CCc1cccn(Cc2ccc3ccccc3c2)c1=O. The molecule has 0 bridgehead atoms. The fraction of sp³-hybridized carbons (Fsp3) is 0.120. The number of hydrogen-bond acceptors (Lipinski definition) is 3. The van der Waals surface area contributed by atoms with Gasteiger partial charge in [-0.1, -0.05) is 54.6 Å². The van der Waals surface area contributed by atoms with Crippen molar-refractivity contribution in [2.75, 3.05) is 11.1 Å². The van der Waals surface area contributed by atoms with Gasteiger partial charge in [0.2, 0.25) is 5.91 Å². The molecule has 0 atom stereocenters. The normalized spacial score (nSPS) is 10.8. The van der Waals surface area contributed by atoms with Crippen LogP contribution in [0.2, 0.25) is 0 Å². The number of nitrogens with zero attached hydrogens (tertiary/aromatic N) is 1. The molecule has 1 amide bonds. The molecule has 30 heavy (non-hydrogen) atoms. The van der Waals surface area contributed by atoms with E-state index in [4.69, 9.17) is 5.73 Å². The number of benzene rings is 3. The van der Waals surface area contributed by atoms with Gasteiger partial charge in [0.15, 0.2) is 0 Å². The molecule has 5 heteroatoms. The minimum atomic E-state index is -0.169. The van der Waals surface area contributed by atoms with E-state index in [2.05, 4.69) is 29.6 Å². The highest BCUT2D eigenvalue weighted by Gasteiger charge is 2.09. The fourth-order valence-electron chi connectivity index (χ4n) is 3.51. The van der Waals surface area contributed by atoms with Crippen LogP contribution in [0.3, 0.4) is 0 Å². The lowest BCUT2D eigenvalue weighted by molar-refractivity contribution is -0.116. The second-order valence-electron chi connectivity index (χ2n) is 7.28. The smallest absolute Gasteiger partial charge is 0.254 e. The quantitative estimate of drug-likeness (QED) is 0.479. The first-order valence-corrected chi connectivity index (χ1v) is 9.90. The van der Waals surface area contributed by atoms with Gasteiger partial charge in [-0.25, -0.2) is 0 Å². The average Bonchev–Trinajstić information content (AvgIpc) is 2.76. The van der Waals surface area contributed by atoms with E-state index in [1.54, 1.807) is 29.0 Å². The Morgan fingerprint density at radius 1 is 0.900 bits per heavy atom. The first-order valence-electron chi connectivity index (χ1n) is 9.90. The first kappa shape index (κ1) is 19.5. The standard InChI is InChI=1S/C25H23N3O2/c26-22-9-3-4-10-23(22)27-24(29)14-13-20-8-5-15-28(25(20)30)17-18-11-12-19-6-1-2-7-21(19)16-18/h1-12,15-16H,13-14,17,26H2,(H,27,29).